The van der Waals surface area contributed by atoms with Crippen LogP contribution in [0.25, 0.3) is 0 Å². The molecule has 0 unspecified atom stereocenters. The van der Waals surface area contributed by atoms with Gasteiger partial charge in [-0.3, -0.25) is 9.59 Å². The number of likely N-dealkylation sites (tertiary alicyclic amines) is 1. The molecule has 1 aliphatic heterocycles. The van der Waals surface area contributed by atoms with Crippen molar-refractivity contribution in [3.05, 3.63) is 65.7 Å². The highest BCUT2D eigenvalue weighted by molar-refractivity contribution is 5.91. The molecule has 3 rings (SSSR count). The Morgan fingerprint density at radius 3 is 2.21 bits per heavy atom. The van der Waals surface area contributed by atoms with E-state index in [1.165, 1.54) is 0 Å². The number of anilines is 1. The number of nitrogens with zero attached hydrogens (tertiary/aromatic N) is 1. The molecule has 0 aliphatic carbocycles. The van der Waals surface area contributed by atoms with E-state index in [1.807, 2.05) is 75.4 Å². The van der Waals surface area contributed by atoms with Crippen LogP contribution in [0.3, 0.4) is 0 Å². The largest absolute Gasteiger partial charge is 0.381 e. The van der Waals surface area contributed by atoms with Gasteiger partial charge in [-0.25, -0.2) is 0 Å². The Morgan fingerprint density at radius 2 is 1.64 bits per heavy atom. The summed E-state index contributed by atoms with van der Waals surface area (Å²) in [5, 5.41) is 13.5. The van der Waals surface area contributed by atoms with Gasteiger partial charge in [-0.15, -0.1) is 0 Å². The highest BCUT2D eigenvalue weighted by atomic mass is 16.3. The molecule has 5 heteroatoms. The molecule has 1 fully saturated rings. The fraction of sp³-hybridized carbons (Fsp3) is 0.391. The lowest BCUT2D eigenvalue weighted by molar-refractivity contribution is -0.156. The molecule has 2 N–H and O–H groups in total. The molecule has 2 aromatic carbocycles. The maximum absolute atomic E-state index is 12.5. The van der Waals surface area contributed by atoms with Gasteiger partial charge in [0.1, 0.15) is 5.60 Å². The van der Waals surface area contributed by atoms with Crippen molar-refractivity contribution in [1.82, 2.24) is 4.90 Å². The molecule has 2 aromatic rings. The quantitative estimate of drug-likeness (QED) is 0.836. The summed E-state index contributed by atoms with van der Waals surface area (Å²) < 4.78 is 0. The van der Waals surface area contributed by atoms with Crippen LogP contribution in [0.2, 0.25) is 0 Å². The summed E-state index contributed by atoms with van der Waals surface area (Å²) in [7, 11) is 0. The van der Waals surface area contributed by atoms with E-state index in [1.54, 1.807) is 4.90 Å². The zero-order chi connectivity index (χ0) is 20.4. The normalized spacial score (nSPS) is 15.6. The minimum atomic E-state index is -0.946. The van der Waals surface area contributed by atoms with E-state index < -0.39 is 5.60 Å². The molecule has 0 saturated carbocycles. The third-order valence-electron chi connectivity index (χ3n) is 4.85. The van der Waals surface area contributed by atoms with Crippen LogP contribution in [-0.4, -0.2) is 34.9 Å². The average Bonchev–Trinajstić information content (AvgIpc) is 2.59. The van der Waals surface area contributed by atoms with Gasteiger partial charge in [-0.1, -0.05) is 63.2 Å². The maximum Gasteiger partial charge on any atom is 0.227 e. The predicted octanol–water partition coefficient (Wildman–Crippen LogP) is 3.33. The van der Waals surface area contributed by atoms with Gasteiger partial charge in [-0.05, 0) is 28.7 Å². The third kappa shape index (κ3) is 4.98. The zero-order valence-electron chi connectivity index (χ0n) is 16.7. The number of hydrogen-bond acceptors (Lipinski definition) is 3. The Bertz CT molecular complexity index is 832. The number of carbonyl (C=O) groups excluding carboxylic acids is 2. The number of carbonyl (C=O) groups is 2. The lowest BCUT2D eigenvalue weighted by Gasteiger charge is -2.46. The van der Waals surface area contributed by atoms with E-state index in [-0.39, 0.29) is 23.7 Å². The Morgan fingerprint density at radius 1 is 1.04 bits per heavy atom. The first-order chi connectivity index (χ1) is 13.1. The molecule has 2 amide bonds. The van der Waals surface area contributed by atoms with Crippen molar-refractivity contribution < 1.29 is 14.7 Å². The molecule has 148 valence electrons. The lowest BCUT2D eigenvalue weighted by atomic mass is 9.86. The van der Waals surface area contributed by atoms with Crippen LogP contribution < -0.4 is 5.32 Å². The molecule has 28 heavy (non-hydrogen) atoms. The minimum Gasteiger partial charge on any atom is -0.381 e. The summed E-state index contributed by atoms with van der Waals surface area (Å²) in [6, 6.07) is 16.8. The molecule has 5 nitrogen and oxygen atoms in total. The van der Waals surface area contributed by atoms with E-state index in [0.29, 0.717) is 19.5 Å². The number of benzene rings is 2. The first-order valence-electron chi connectivity index (χ1n) is 9.59. The Kier molecular flexibility index (Phi) is 5.57. The number of amides is 2. The summed E-state index contributed by atoms with van der Waals surface area (Å²) in [5.41, 5.74) is 1.45. The second-order valence-corrected chi connectivity index (χ2v) is 8.81. The van der Waals surface area contributed by atoms with Crippen LogP contribution in [0.15, 0.2) is 54.6 Å². The van der Waals surface area contributed by atoms with Gasteiger partial charge < -0.3 is 15.3 Å². The zero-order valence-corrected chi connectivity index (χ0v) is 16.7. The van der Waals surface area contributed by atoms with Crippen molar-refractivity contribution >= 4 is 17.5 Å². The topological polar surface area (TPSA) is 69.6 Å². The summed E-state index contributed by atoms with van der Waals surface area (Å²) in [5.74, 6) is -0.0257. The van der Waals surface area contributed by atoms with Crippen molar-refractivity contribution in [2.75, 3.05) is 18.4 Å². The van der Waals surface area contributed by atoms with Crippen LogP contribution >= 0.6 is 0 Å². The number of β-amino-alcohol motifs (C(OH)–C–C–N with tert-alkyl or cyclic N) is 1. The smallest absolute Gasteiger partial charge is 0.227 e. The van der Waals surface area contributed by atoms with E-state index >= 15 is 0 Å². The SMILES string of the molecule is CC(C)(C)CC(=O)Nc1ccc(CC(=O)N2CC(O)(c3ccccc3)C2)cc1. The van der Waals surface area contributed by atoms with Crippen molar-refractivity contribution in [1.29, 1.82) is 0 Å². The van der Waals surface area contributed by atoms with Gasteiger partial charge in [-0.2, -0.15) is 0 Å². The molecule has 1 aliphatic rings. The van der Waals surface area contributed by atoms with Crippen molar-refractivity contribution in [2.24, 2.45) is 5.41 Å². The van der Waals surface area contributed by atoms with Crippen LogP contribution in [0.1, 0.15) is 38.3 Å². The fourth-order valence-corrected chi connectivity index (χ4v) is 3.37. The summed E-state index contributed by atoms with van der Waals surface area (Å²) in [6.45, 7) is 6.70. The van der Waals surface area contributed by atoms with Crippen LogP contribution in [0.5, 0.6) is 0 Å². The van der Waals surface area contributed by atoms with Gasteiger partial charge in [0.25, 0.3) is 0 Å². The van der Waals surface area contributed by atoms with E-state index in [2.05, 4.69) is 5.32 Å². The average molecular weight is 380 g/mol. The number of nitrogens with one attached hydrogen (secondary N) is 1. The lowest BCUT2D eigenvalue weighted by Crippen LogP contribution is -2.61. The van der Waals surface area contributed by atoms with Gasteiger partial charge in [0.15, 0.2) is 0 Å². The van der Waals surface area contributed by atoms with E-state index in [0.717, 1.165) is 16.8 Å². The second-order valence-electron chi connectivity index (χ2n) is 8.81. The number of aliphatic hydroxyl groups is 1. The van der Waals surface area contributed by atoms with Gasteiger partial charge in [0, 0.05) is 12.1 Å². The van der Waals surface area contributed by atoms with Crippen molar-refractivity contribution in [3.63, 3.8) is 0 Å². The number of rotatable bonds is 5. The molecule has 0 atom stereocenters. The monoisotopic (exact) mass is 380 g/mol. The van der Waals surface area contributed by atoms with Crippen LogP contribution in [-0.2, 0) is 21.6 Å². The summed E-state index contributed by atoms with van der Waals surface area (Å²) in [6.07, 6.45) is 0.730. The molecule has 1 heterocycles. The highest BCUT2D eigenvalue weighted by Crippen LogP contribution is 2.32. The molecule has 0 radical (unpaired) electrons. The molecular formula is C23H28N2O3. The summed E-state index contributed by atoms with van der Waals surface area (Å²) >= 11 is 0. The summed E-state index contributed by atoms with van der Waals surface area (Å²) in [4.78, 5) is 26.2. The van der Waals surface area contributed by atoms with Crippen molar-refractivity contribution in [3.8, 4) is 0 Å². The molecule has 0 bridgehead atoms. The Balaban J connectivity index is 1.51. The molecule has 0 spiro atoms. The van der Waals surface area contributed by atoms with Gasteiger partial charge in [0.2, 0.25) is 11.8 Å². The maximum atomic E-state index is 12.5. The highest BCUT2D eigenvalue weighted by Gasteiger charge is 2.44. The van der Waals surface area contributed by atoms with Crippen LogP contribution in [0.4, 0.5) is 5.69 Å². The van der Waals surface area contributed by atoms with Gasteiger partial charge >= 0.3 is 0 Å². The minimum absolute atomic E-state index is 0.00914. The first-order valence-corrected chi connectivity index (χ1v) is 9.59. The standard InChI is InChI=1S/C23H28N2O3/c1-22(2,3)14-20(26)24-19-11-9-17(10-12-19)13-21(27)25-15-23(28,16-25)18-7-5-4-6-8-18/h4-12,28H,13-16H2,1-3H3,(H,24,26). The molecular weight excluding hydrogens is 352 g/mol. The Labute approximate surface area is 166 Å². The second kappa shape index (κ2) is 7.76. The molecule has 1 saturated heterocycles. The van der Waals surface area contributed by atoms with Crippen LogP contribution in [0, 0.1) is 5.41 Å². The molecule has 0 aromatic heterocycles. The van der Waals surface area contributed by atoms with E-state index in [9.17, 15) is 14.7 Å². The fourth-order valence-electron chi connectivity index (χ4n) is 3.37. The van der Waals surface area contributed by atoms with E-state index in [4.69, 9.17) is 0 Å². The van der Waals surface area contributed by atoms with Crippen molar-refractivity contribution in [2.45, 2.75) is 39.2 Å². The first kappa shape index (κ1) is 20.1. The number of hydrogen-bond donors (Lipinski definition) is 2. The Hall–Kier alpha value is -2.66. The third-order valence-corrected chi connectivity index (χ3v) is 4.85. The predicted molar refractivity (Wildman–Crippen MR) is 110 cm³/mol. The van der Waals surface area contributed by atoms with Gasteiger partial charge in [0.05, 0.1) is 19.5 Å².